The van der Waals surface area contributed by atoms with E-state index in [1.165, 1.54) is 0 Å². The summed E-state index contributed by atoms with van der Waals surface area (Å²) in [5.41, 5.74) is 0.527. The Labute approximate surface area is 184 Å². The molecular formula is C22H26BrN3O4. The van der Waals surface area contributed by atoms with E-state index >= 15 is 0 Å². The van der Waals surface area contributed by atoms with Gasteiger partial charge in [0.2, 0.25) is 5.91 Å². The van der Waals surface area contributed by atoms with E-state index in [9.17, 15) is 9.59 Å². The number of nitrogens with zero attached hydrogens (tertiary/aromatic N) is 2. The predicted molar refractivity (Wildman–Crippen MR) is 118 cm³/mol. The van der Waals surface area contributed by atoms with Gasteiger partial charge in [0, 0.05) is 30.8 Å². The van der Waals surface area contributed by atoms with E-state index < -0.39 is 0 Å². The number of methoxy groups -OCH3 is 1. The number of hydrogen-bond acceptors (Lipinski definition) is 5. The van der Waals surface area contributed by atoms with Crippen molar-refractivity contribution in [3.63, 3.8) is 0 Å². The van der Waals surface area contributed by atoms with Gasteiger partial charge in [-0.05, 0) is 59.5 Å². The summed E-state index contributed by atoms with van der Waals surface area (Å²) < 4.78 is 11.8. The maximum Gasteiger partial charge on any atom is 0.254 e. The van der Waals surface area contributed by atoms with Crippen LogP contribution in [-0.4, -0.2) is 48.5 Å². The van der Waals surface area contributed by atoms with Gasteiger partial charge in [-0.15, -0.1) is 0 Å². The average Bonchev–Trinajstić information content (AvgIpc) is 2.78. The molecule has 0 atom stereocenters. The molecule has 0 radical (unpaired) electrons. The first kappa shape index (κ1) is 22.1. The number of piperidine rings is 1. The quantitative estimate of drug-likeness (QED) is 0.650. The summed E-state index contributed by atoms with van der Waals surface area (Å²) in [5.74, 6) is 1.39. The first-order valence-electron chi connectivity index (χ1n) is 10.0. The molecule has 160 valence electrons. The highest BCUT2D eigenvalue weighted by Crippen LogP contribution is 2.37. The topological polar surface area (TPSA) is 80.8 Å². The third kappa shape index (κ3) is 5.30. The fraction of sp³-hybridized carbons (Fsp3) is 0.409. The van der Waals surface area contributed by atoms with Crippen LogP contribution in [0.5, 0.6) is 11.5 Å². The van der Waals surface area contributed by atoms with Gasteiger partial charge in [-0.25, -0.2) is 4.98 Å². The molecule has 0 bridgehead atoms. The second kappa shape index (κ2) is 10.4. The van der Waals surface area contributed by atoms with Gasteiger partial charge in [-0.3, -0.25) is 9.59 Å². The molecule has 30 heavy (non-hydrogen) atoms. The Bertz CT molecular complexity index is 883. The van der Waals surface area contributed by atoms with Crippen LogP contribution in [0.2, 0.25) is 0 Å². The molecule has 0 unspecified atom stereocenters. The van der Waals surface area contributed by atoms with Crippen LogP contribution in [0.4, 0.5) is 5.82 Å². The van der Waals surface area contributed by atoms with Crippen LogP contribution in [0.3, 0.4) is 0 Å². The van der Waals surface area contributed by atoms with Gasteiger partial charge in [-0.1, -0.05) is 13.0 Å². The van der Waals surface area contributed by atoms with E-state index in [0.29, 0.717) is 59.9 Å². The predicted octanol–water partition coefficient (Wildman–Crippen LogP) is 4.13. The number of carbonyl (C=O) groups is 2. The van der Waals surface area contributed by atoms with Crippen molar-refractivity contribution in [1.29, 1.82) is 0 Å². The van der Waals surface area contributed by atoms with Crippen LogP contribution in [0.15, 0.2) is 41.0 Å². The van der Waals surface area contributed by atoms with E-state index in [1.54, 1.807) is 42.5 Å². The first-order chi connectivity index (χ1) is 14.5. The number of hydrogen-bond donors (Lipinski definition) is 1. The Morgan fingerprint density at radius 1 is 1.27 bits per heavy atom. The number of likely N-dealkylation sites (tertiary alicyclic amines) is 1. The fourth-order valence-corrected chi connectivity index (χ4v) is 3.94. The zero-order valence-electron chi connectivity index (χ0n) is 17.2. The molecular weight excluding hydrogens is 450 g/mol. The second-order valence-electron chi connectivity index (χ2n) is 7.11. The first-order valence-corrected chi connectivity index (χ1v) is 10.8. The van der Waals surface area contributed by atoms with Gasteiger partial charge in [0.15, 0.2) is 11.5 Å². The van der Waals surface area contributed by atoms with E-state index in [-0.39, 0.29) is 17.7 Å². The molecule has 1 saturated heterocycles. The number of nitrogens with one attached hydrogen (secondary N) is 1. The van der Waals surface area contributed by atoms with Gasteiger partial charge >= 0.3 is 0 Å². The Balaban J connectivity index is 1.62. The highest BCUT2D eigenvalue weighted by Gasteiger charge is 2.29. The summed E-state index contributed by atoms with van der Waals surface area (Å²) in [4.78, 5) is 31.4. The molecule has 2 amide bonds. The molecule has 1 aliphatic rings. The molecule has 2 heterocycles. The molecule has 8 heteroatoms. The van der Waals surface area contributed by atoms with Crippen molar-refractivity contribution in [3.05, 3.63) is 46.6 Å². The van der Waals surface area contributed by atoms with E-state index in [2.05, 4.69) is 26.2 Å². The number of aromatic nitrogens is 1. The summed E-state index contributed by atoms with van der Waals surface area (Å²) in [6, 6.07) is 8.85. The number of benzene rings is 1. The SMILES string of the molecule is CCCOc1c(Br)cc(C(=O)N2CCC(C(=O)Nc3ccccn3)CC2)cc1OC. The number of ether oxygens (including phenoxy) is 2. The van der Waals surface area contributed by atoms with Crippen molar-refractivity contribution in [2.45, 2.75) is 26.2 Å². The monoisotopic (exact) mass is 475 g/mol. The summed E-state index contributed by atoms with van der Waals surface area (Å²) in [5, 5.41) is 2.84. The normalized spacial score (nSPS) is 14.3. The number of amides is 2. The molecule has 3 rings (SSSR count). The Morgan fingerprint density at radius 3 is 2.67 bits per heavy atom. The highest BCUT2D eigenvalue weighted by molar-refractivity contribution is 9.10. The number of halogens is 1. The lowest BCUT2D eigenvalue weighted by atomic mass is 9.95. The Kier molecular flexibility index (Phi) is 7.68. The van der Waals surface area contributed by atoms with Gasteiger partial charge < -0.3 is 19.7 Å². The summed E-state index contributed by atoms with van der Waals surface area (Å²) >= 11 is 3.49. The van der Waals surface area contributed by atoms with Gasteiger partial charge in [0.1, 0.15) is 5.82 Å². The Morgan fingerprint density at radius 2 is 2.03 bits per heavy atom. The van der Waals surface area contributed by atoms with E-state index in [0.717, 1.165) is 6.42 Å². The van der Waals surface area contributed by atoms with Gasteiger partial charge in [-0.2, -0.15) is 0 Å². The van der Waals surface area contributed by atoms with Crippen molar-refractivity contribution in [3.8, 4) is 11.5 Å². The molecule has 0 aliphatic carbocycles. The molecule has 1 aromatic carbocycles. The third-order valence-corrected chi connectivity index (χ3v) is 5.59. The van der Waals surface area contributed by atoms with E-state index in [4.69, 9.17) is 9.47 Å². The summed E-state index contributed by atoms with van der Waals surface area (Å²) in [6.45, 7) is 3.63. The highest BCUT2D eigenvalue weighted by atomic mass is 79.9. The Hall–Kier alpha value is -2.61. The maximum atomic E-state index is 13.0. The van der Waals surface area contributed by atoms with Crippen molar-refractivity contribution in [2.75, 3.05) is 32.1 Å². The fourth-order valence-electron chi connectivity index (χ4n) is 3.38. The van der Waals surface area contributed by atoms with E-state index in [1.807, 2.05) is 13.0 Å². The average molecular weight is 476 g/mol. The molecule has 1 aromatic heterocycles. The lowest BCUT2D eigenvalue weighted by Gasteiger charge is -2.31. The number of anilines is 1. The maximum absolute atomic E-state index is 13.0. The van der Waals surface area contributed by atoms with Crippen LogP contribution < -0.4 is 14.8 Å². The smallest absolute Gasteiger partial charge is 0.254 e. The summed E-state index contributed by atoms with van der Waals surface area (Å²) in [6.07, 6.45) is 3.74. The third-order valence-electron chi connectivity index (χ3n) is 5.00. The molecule has 2 aromatic rings. The standard InChI is InChI=1S/C22H26BrN3O4/c1-3-12-30-20-17(23)13-16(14-18(20)29-2)22(28)26-10-7-15(8-11-26)21(27)25-19-6-4-5-9-24-19/h4-6,9,13-15H,3,7-8,10-12H2,1-2H3,(H,24,25,27). The van der Waals surface area contributed by atoms with Crippen molar-refractivity contribution < 1.29 is 19.1 Å². The lowest BCUT2D eigenvalue weighted by Crippen LogP contribution is -2.41. The van der Waals surface area contributed by atoms with Crippen LogP contribution in [0, 0.1) is 5.92 Å². The lowest BCUT2D eigenvalue weighted by molar-refractivity contribution is -0.121. The summed E-state index contributed by atoms with van der Waals surface area (Å²) in [7, 11) is 1.56. The minimum absolute atomic E-state index is 0.0531. The molecule has 0 spiro atoms. The van der Waals surface area contributed by atoms with Crippen molar-refractivity contribution >= 4 is 33.6 Å². The molecule has 0 saturated carbocycles. The van der Waals surface area contributed by atoms with Crippen molar-refractivity contribution in [2.24, 2.45) is 5.92 Å². The zero-order chi connectivity index (χ0) is 21.5. The van der Waals surface area contributed by atoms with Crippen LogP contribution in [0.1, 0.15) is 36.5 Å². The van der Waals surface area contributed by atoms with Crippen molar-refractivity contribution in [1.82, 2.24) is 9.88 Å². The second-order valence-corrected chi connectivity index (χ2v) is 7.96. The van der Waals surface area contributed by atoms with Crippen LogP contribution in [-0.2, 0) is 4.79 Å². The number of carbonyl (C=O) groups excluding carboxylic acids is 2. The number of pyridine rings is 1. The zero-order valence-corrected chi connectivity index (χ0v) is 18.8. The van der Waals surface area contributed by atoms with Crippen LogP contribution >= 0.6 is 15.9 Å². The minimum atomic E-state index is -0.137. The molecule has 7 nitrogen and oxygen atoms in total. The molecule has 1 N–H and O–H groups in total. The molecule has 1 aliphatic heterocycles. The largest absolute Gasteiger partial charge is 0.493 e. The van der Waals surface area contributed by atoms with Crippen LogP contribution in [0.25, 0.3) is 0 Å². The molecule has 1 fully saturated rings. The minimum Gasteiger partial charge on any atom is -0.493 e. The number of rotatable bonds is 7. The van der Waals surface area contributed by atoms with Gasteiger partial charge in [0.05, 0.1) is 18.2 Å². The van der Waals surface area contributed by atoms with Gasteiger partial charge in [0.25, 0.3) is 5.91 Å².